The van der Waals surface area contributed by atoms with Gasteiger partial charge in [0.2, 0.25) is 0 Å². The molecule has 0 aliphatic carbocycles. The molecule has 1 fully saturated rings. The average Bonchev–Trinajstić information content (AvgIpc) is 2.39. The molecule has 1 saturated heterocycles. The number of aliphatic hydroxyl groups is 1. The Hall–Kier alpha value is -1.06. The Bertz CT molecular complexity index is 386. The zero-order chi connectivity index (χ0) is 13.7. The first kappa shape index (κ1) is 14.4. The average molecular weight is 262 g/mol. The molecule has 0 radical (unpaired) electrons. The third-order valence-corrected chi connectivity index (χ3v) is 3.73. The van der Waals surface area contributed by atoms with Gasteiger partial charge in [0.15, 0.2) is 0 Å². The Kier molecular flexibility index (Phi) is 4.83. The zero-order valence-corrected chi connectivity index (χ0v) is 12.2. The Labute approximate surface area is 116 Å². The van der Waals surface area contributed by atoms with Crippen molar-refractivity contribution in [1.29, 1.82) is 0 Å². The number of β-amino-alcohol motifs (C(OH)–C–C–N with tert-alkyl or cyclic N) is 1. The quantitative estimate of drug-likeness (QED) is 0.801. The summed E-state index contributed by atoms with van der Waals surface area (Å²) in [6, 6.07) is 8.71. The van der Waals surface area contributed by atoms with Crippen molar-refractivity contribution in [3.8, 4) is 0 Å². The number of hydrogen-bond acceptors (Lipinski definition) is 3. The van der Waals surface area contributed by atoms with Gasteiger partial charge in [-0.1, -0.05) is 19.1 Å². The summed E-state index contributed by atoms with van der Waals surface area (Å²) in [4.78, 5) is 2.28. The molecule has 3 heteroatoms. The predicted molar refractivity (Wildman–Crippen MR) is 80.5 cm³/mol. The van der Waals surface area contributed by atoms with Crippen LogP contribution in [0.5, 0.6) is 0 Å². The standard InChI is InChI=1S/C16H26N2O/c1-3-10-17-12-14-5-7-15(8-6-14)18-11-4-9-16(2,19)13-18/h5-8,17,19H,3-4,9-13H2,1-2H3. The maximum Gasteiger partial charge on any atom is 0.0794 e. The topological polar surface area (TPSA) is 35.5 Å². The number of benzene rings is 1. The summed E-state index contributed by atoms with van der Waals surface area (Å²) in [5, 5.41) is 13.6. The van der Waals surface area contributed by atoms with Gasteiger partial charge in [-0.25, -0.2) is 0 Å². The highest BCUT2D eigenvalue weighted by molar-refractivity contribution is 5.48. The van der Waals surface area contributed by atoms with Crippen LogP contribution in [0, 0.1) is 0 Å². The number of nitrogens with one attached hydrogen (secondary N) is 1. The summed E-state index contributed by atoms with van der Waals surface area (Å²) >= 11 is 0. The molecule has 106 valence electrons. The van der Waals surface area contributed by atoms with Crippen LogP contribution in [0.15, 0.2) is 24.3 Å². The molecule has 0 bridgehead atoms. The summed E-state index contributed by atoms with van der Waals surface area (Å²) in [7, 11) is 0. The van der Waals surface area contributed by atoms with E-state index in [0.29, 0.717) is 0 Å². The Morgan fingerprint density at radius 2 is 2.05 bits per heavy atom. The lowest BCUT2D eigenvalue weighted by Gasteiger charge is -2.38. The van der Waals surface area contributed by atoms with Gasteiger partial charge < -0.3 is 15.3 Å². The lowest BCUT2D eigenvalue weighted by molar-refractivity contribution is 0.0449. The van der Waals surface area contributed by atoms with Crippen molar-refractivity contribution >= 4 is 5.69 Å². The van der Waals surface area contributed by atoms with Gasteiger partial charge in [-0.15, -0.1) is 0 Å². The number of anilines is 1. The van der Waals surface area contributed by atoms with E-state index >= 15 is 0 Å². The zero-order valence-electron chi connectivity index (χ0n) is 12.2. The highest BCUT2D eigenvalue weighted by Gasteiger charge is 2.28. The number of hydrogen-bond donors (Lipinski definition) is 2. The van der Waals surface area contributed by atoms with Crippen molar-refractivity contribution in [3.05, 3.63) is 29.8 Å². The van der Waals surface area contributed by atoms with Gasteiger partial charge in [-0.2, -0.15) is 0 Å². The van der Waals surface area contributed by atoms with Gasteiger partial charge in [0.1, 0.15) is 0 Å². The normalized spacial score (nSPS) is 23.6. The SMILES string of the molecule is CCCNCc1ccc(N2CCCC(C)(O)C2)cc1. The van der Waals surface area contributed by atoms with Gasteiger partial charge >= 0.3 is 0 Å². The Morgan fingerprint density at radius 3 is 2.68 bits per heavy atom. The third-order valence-electron chi connectivity index (χ3n) is 3.73. The predicted octanol–water partition coefficient (Wildman–Crippen LogP) is 2.54. The fourth-order valence-corrected chi connectivity index (χ4v) is 2.67. The summed E-state index contributed by atoms with van der Waals surface area (Å²) in [6.45, 7) is 7.90. The van der Waals surface area contributed by atoms with Crippen LogP contribution in [-0.2, 0) is 6.54 Å². The van der Waals surface area contributed by atoms with Gasteiger partial charge in [0, 0.05) is 25.3 Å². The second-order valence-electron chi connectivity index (χ2n) is 5.87. The van der Waals surface area contributed by atoms with Gasteiger partial charge in [-0.3, -0.25) is 0 Å². The van der Waals surface area contributed by atoms with Crippen molar-refractivity contribution in [2.24, 2.45) is 0 Å². The molecule has 3 nitrogen and oxygen atoms in total. The van der Waals surface area contributed by atoms with Crippen LogP contribution >= 0.6 is 0 Å². The van der Waals surface area contributed by atoms with Gasteiger partial charge in [0.05, 0.1) is 5.60 Å². The Morgan fingerprint density at radius 1 is 1.32 bits per heavy atom. The minimum absolute atomic E-state index is 0.542. The maximum atomic E-state index is 10.2. The number of nitrogens with zero attached hydrogens (tertiary/aromatic N) is 1. The maximum absolute atomic E-state index is 10.2. The molecule has 2 N–H and O–H groups in total. The van der Waals surface area contributed by atoms with Crippen LogP contribution < -0.4 is 10.2 Å². The van der Waals surface area contributed by atoms with E-state index in [2.05, 4.69) is 41.4 Å². The van der Waals surface area contributed by atoms with E-state index in [4.69, 9.17) is 0 Å². The third kappa shape index (κ3) is 4.22. The smallest absolute Gasteiger partial charge is 0.0794 e. The van der Waals surface area contributed by atoms with Crippen LogP contribution in [0.1, 0.15) is 38.7 Å². The van der Waals surface area contributed by atoms with Crippen LogP contribution in [0.25, 0.3) is 0 Å². The molecule has 1 heterocycles. The van der Waals surface area contributed by atoms with E-state index in [-0.39, 0.29) is 0 Å². The molecule has 1 aliphatic rings. The summed E-state index contributed by atoms with van der Waals surface area (Å²) in [6.07, 6.45) is 3.14. The molecule has 1 aromatic carbocycles. The molecule has 1 aromatic rings. The molecule has 0 saturated carbocycles. The molecular formula is C16H26N2O. The minimum atomic E-state index is -0.542. The van der Waals surface area contributed by atoms with E-state index in [1.165, 1.54) is 17.7 Å². The summed E-state index contributed by atoms with van der Waals surface area (Å²) in [5.74, 6) is 0. The van der Waals surface area contributed by atoms with Crippen LogP contribution in [0.2, 0.25) is 0 Å². The monoisotopic (exact) mass is 262 g/mol. The molecule has 1 aliphatic heterocycles. The lowest BCUT2D eigenvalue weighted by Crippen LogP contribution is -2.46. The first-order valence-corrected chi connectivity index (χ1v) is 7.38. The first-order chi connectivity index (χ1) is 9.11. The van der Waals surface area contributed by atoms with Crippen LogP contribution in [0.4, 0.5) is 5.69 Å². The minimum Gasteiger partial charge on any atom is -0.388 e. The highest BCUT2D eigenvalue weighted by Crippen LogP contribution is 2.25. The van der Waals surface area contributed by atoms with Crippen molar-refractivity contribution in [3.63, 3.8) is 0 Å². The first-order valence-electron chi connectivity index (χ1n) is 7.38. The largest absolute Gasteiger partial charge is 0.388 e. The molecule has 0 spiro atoms. The van der Waals surface area contributed by atoms with E-state index in [9.17, 15) is 5.11 Å². The second-order valence-corrected chi connectivity index (χ2v) is 5.87. The molecular weight excluding hydrogens is 236 g/mol. The summed E-state index contributed by atoms with van der Waals surface area (Å²) < 4.78 is 0. The molecule has 19 heavy (non-hydrogen) atoms. The van der Waals surface area contributed by atoms with E-state index in [0.717, 1.165) is 39.0 Å². The lowest BCUT2D eigenvalue weighted by atomic mass is 9.95. The molecule has 2 rings (SSSR count). The van der Waals surface area contributed by atoms with Crippen LogP contribution in [-0.4, -0.2) is 30.3 Å². The fraction of sp³-hybridized carbons (Fsp3) is 0.625. The fourth-order valence-electron chi connectivity index (χ4n) is 2.67. The Balaban J connectivity index is 1.94. The highest BCUT2D eigenvalue weighted by atomic mass is 16.3. The number of rotatable bonds is 5. The molecule has 0 amide bonds. The molecule has 0 aromatic heterocycles. The summed E-state index contributed by atoms with van der Waals surface area (Å²) in [5.41, 5.74) is 2.00. The molecule has 1 atom stereocenters. The van der Waals surface area contributed by atoms with Gasteiger partial charge in [-0.05, 0) is 50.4 Å². The second kappa shape index (κ2) is 6.40. The van der Waals surface area contributed by atoms with Crippen molar-refractivity contribution < 1.29 is 5.11 Å². The van der Waals surface area contributed by atoms with Crippen molar-refractivity contribution in [2.75, 3.05) is 24.5 Å². The van der Waals surface area contributed by atoms with Gasteiger partial charge in [0.25, 0.3) is 0 Å². The molecule has 1 unspecified atom stereocenters. The van der Waals surface area contributed by atoms with E-state index in [1.54, 1.807) is 0 Å². The van der Waals surface area contributed by atoms with Crippen molar-refractivity contribution in [1.82, 2.24) is 5.32 Å². The van der Waals surface area contributed by atoms with E-state index in [1.807, 2.05) is 6.92 Å². The van der Waals surface area contributed by atoms with E-state index < -0.39 is 5.60 Å². The van der Waals surface area contributed by atoms with Crippen LogP contribution in [0.3, 0.4) is 0 Å². The van der Waals surface area contributed by atoms with Crippen molar-refractivity contribution in [2.45, 2.75) is 45.3 Å². The number of piperidine rings is 1.